The van der Waals surface area contributed by atoms with Gasteiger partial charge in [0.1, 0.15) is 5.82 Å². The van der Waals surface area contributed by atoms with Crippen LogP contribution in [0.25, 0.3) is 0 Å². The van der Waals surface area contributed by atoms with Crippen LogP contribution in [-0.4, -0.2) is 9.97 Å². The van der Waals surface area contributed by atoms with Gasteiger partial charge in [-0.1, -0.05) is 24.3 Å². The van der Waals surface area contributed by atoms with Crippen LogP contribution >= 0.6 is 0 Å². The van der Waals surface area contributed by atoms with E-state index >= 15 is 0 Å². The fourth-order valence-corrected chi connectivity index (χ4v) is 2.41. The van der Waals surface area contributed by atoms with E-state index in [-0.39, 0.29) is 0 Å². The summed E-state index contributed by atoms with van der Waals surface area (Å²) in [6.07, 6.45) is 1.05. The minimum Gasteiger partial charge on any atom is -0.325 e. The number of hydrogen-bond acceptors (Lipinski definition) is 3. The Balaban J connectivity index is 2.00. The van der Waals surface area contributed by atoms with Crippen molar-refractivity contribution >= 4 is 0 Å². The molecule has 0 bridgehead atoms. The molecule has 1 aliphatic carbocycles. The Hall–Kier alpha value is -1.74. The lowest BCUT2D eigenvalue weighted by Crippen LogP contribution is -2.21. The highest BCUT2D eigenvalue weighted by Crippen LogP contribution is 2.38. The summed E-state index contributed by atoms with van der Waals surface area (Å²) in [5, 5.41) is 0. The van der Waals surface area contributed by atoms with Crippen LogP contribution in [0.2, 0.25) is 0 Å². The predicted octanol–water partition coefficient (Wildman–Crippen LogP) is 1.93. The molecule has 0 fully saturated rings. The molecule has 86 valence electrons. The van der Waals surface area contributed by atoms with E-state index in [1.165, 1.54) is 11.1 Å². The molecule has 3 nitrogen and oxygen atoms in total. The second-order valence-electron chi connectivity index (χ2n) is 4.52. The van der Waals surface area contributed by atoms with Gasteiger partial charge in [0.2, 0.25) is 0 Å². The lowest BCUT2D eigenvalue weighted by molar-refractivity contribution is 0.649. The summed E-state index contributed by atoms with van der Waals surface area (Å²) in [5.41, 5.74) is 10.4. The zero-order valence-corrected chi connectivity index (χ0v) is 9.85. The van der Waals surface area contributed by atoms with Crippen LogP contribution < -0.4 is 5.73 Å². The van der Waals surface area contributed by atoms with E-state index in [9.17, 15) is 0 Å². The summed E-state index contributed by atoms with van der Waals surface area (Å²) < 4.78 is 0. The zero-order valence-electron chi connectivity index (χ0n) is 9.85. The third kappa shape index (κ3) is 1.72. The highest BCUT2D eigenvalue weighted by Gasteiger charge is 2.29. The topological polar surface area (TPSA) is 51.8 Å². The van der Waals surface area contributed by atoms with Gasteiger partial charge in [-0.2, -0.15) is 0 Å². The SMILES string of the molecule is Cc1cc(CN)nc(C2Cc3ccccc32)n1. The molecule has 0 aliphatic heterocycles. The van der Waals surface area contributed by atoms with E-state index in [0.29, 0.717) is 12.5 Å². The molecule has 1 unspecified atom stereocenters. The van der Waals surface area contributed by atoms with Gasteiger partial charge in [0.05, 0.1) is 5.69 Å². The Morgan fingerprint density at radius 3 is 2.88 bits per heavy atom. The molecule has 2 N–H and O–H groups in total. The number of aryl methyl sites for hydroxylation is 1. The van der Waals surface area contributed by atoms with Gasteiger partial charge < -0.3 is 5.73 Å². The standard InChI is InChI=1S/C14H15N3/c1-9-6-11(8-15)17-14(16-9)13-7-10-4-2-3-5-12(10)13/h2-6,13H,7-8,15H2,1H3. The maximum atomic E-state index is 5.65. The average Bonchev–Trinajstić information content (AvgIpc) is 2.30. The number of aromatic nitrogens is 2. The highest BCUT2D eigenvalue weighted by atomic mass is 14.9. The Bertz CT molecular complexity index is 563. The molecule has 1 heterocycles. The van der Waals surface area contributed by atoms with E-state index in [2.05, 4.69) is 34.2 Å². The van der Waals surface area contributed by atoms with Crippen LogP contribution in [0.3, 0.4) is 0 Å². The minimum absolute atomic E-state index is 0.358. The van der Waals surface area contributed by atoms with Crippen molar-refractivity contribution in [2.45, 2.75) is 25.8 Å². The first-order valence-electron chi connectivity index (χ1n) is 5.90. The molecule has 0 amide bonds. The summed E-state index contributed by atoms with van der Waals surface area (Å²) in [4.78, 5) is 9.07. The monoisotopic (exact) mass is 225 g/mol. The van der Waals surface area contributed by atoms with E-state index in [1.807, 2.05) is 13.0 Å². The van der Waals surface area contributed by atoms with Crippen LogP contribution in [-0.2, 0) is 13.0 Å². The minimum atomic E-state index is 0.358. The Morgan fingerprint density at radius 2 is 2.12 bits per heavy atom. The lowest BCUT2D eigenvalue weighted by Gasteiger charge is -2.29. The van der Waals surface area contributed by atoms with Gasteiger partial charge in [0, 0.05) is 18.2 Å². The van der Waals surface area contributed by atoms with Gasteiger partial charge in [0.25, 0.3) is 0 Å². The zero-order chi connectivity index (χ0) is 11.8. The van der Waals surface area contributed by atoms with Crippen molar-refractivity contribution in [3.05, 3.63) is 58.7 Å². The molecule has 0 spiro atoms. The molecule has 0 radical (unpaired) electrons. The van der Waals surface area contributed by atoms with Crippen molar-refractivity contribution in [1.82, 2.24) is 9.97 Å². The number of nitrogens with two attached hydrogens (primary N) is 1. The third-order valence-corrected chi connectivity index (χ3v) is 3.30. The number of rotatable bonds is 2. The van der Waals surface area contributed by atoms with Crippen molar-refractivity contribution in [2.75, 3.05) is 0 Å². The third-order valence-electron chi connectivity index (χ3n) is 3.30. The van der Waals surface area contributed by atoms with Crippen LogP contribution in [0.1, 0.15) is 34.3 Å². The summed E-state index contributed by atoms with van der Waals surface area (Å²) in [6.45, 7) is 2.47. The van der Waals surface area contributed by atoms with E-state index in [1.54, 1.807) is 0 Å². The summed E-state index contributed by atoms with van der Waals surface area (Å²) >= 11 is 0. The first kappa shape index (κ1) is 10.4. The van der Waals surface area contributed by atoms with Crippen molar-refractivity contribution in [3.8, 4) is 0 Å². The smallest absolute Gasteiger partial charge is 0.136 e. The Kier molecular flexibility index (Phi) is 2.41. The van der Waals surface area contributed by atoms with Crippen LogP contribution in [0.4, 0.5) is 0 Å². The first-order chi connectivity index (χ1) is 8.28. The fraction of sp³-hybridized carbons (Fsp3) is 0.286. The Morgan fingerprint density at radius 1 is 1.29 bits per heavy atom. The van der Waals surface area contributed by atoms with Gasteiger partial charge in [-0.05, 0) is 30.5 Å². The molecule has 1 aliphatic rings. The molecule has 1 aromatic heterocycles. The number of nitrogens with zero attached hydrogens (tertiary/aromatic N) is 2. The van der Waals surface area contributed by atoms with Gasteiger partial charge in [0.15, 0.2) is 0 Å². The van der Waals surface area contributed by atoms with Gasteiger partial charge in [-0.15, -0.1) is 0 Å². The molecule has 1 atom stereocenters. The van der Waals surface area contributed by atoms with Crippen molar-refractivity contribution in [3.63, 3.8) is 0 Å². The molecular weight excluding hydrogens is 210 g/mol. The van der Waals surface area contributed by atoms with E-state index in [4.69, 9.17) is 5.73 Å². The summed E-state index contributed by atoms with van der Waals surface area (Å²) in [5.74, 6) is 1.28. The molecule has 2 aromatic rings. The quantitative estimate of drug-likeness (QED) is 0.849. The second kappa shape index (κ2) is 3.93. The van der Waals surface area contributed by atoms with Gasteiger partial charge >= 0.3 is 0 Å². The van der Waals surface area contributed by atoms with Crippen molar-refractivity contribution in [2.24, 2.45) is 5.73 Å². The highest BCUT2D eigenvalue weighted by molar-refractivity contribution is 5.44. The van der Waals surface area contributed by atoms with Crippen LogP contribution in [0.5, 0.6) is 0 Å². The van der Waals surface area contributed by atoms with Crippen molar-refractivity contribution in [1.29, 1.82) is 0 Å². The molecule has 1 aromatic carbocycles. The maximum Gasteiger partial charge on any atom is 0.136 e. The maximum absolute atomic E-state index is 5.65. The molecule has 3 rings (SSSR count). The Labute approximate surface area is 101 Å². The van der Waals surface area contributed by atoms with Crippen molar-refractivity contribution < 1.29 is 0 Å². The average molecular weight is 225 g/mol. The normalized spacial score (nSPS) is 17.4. The van der Waals surface area contributed by atoms with Gasteiger partial charge in [-0.25, -0.2) is 9.97 Å². The molecule has 3 heteroatoms. The summed E-state index contributed by atoms with van der Waals surface area (Å²) in [7, 11) is 0. The van der Waals surface area contributed by atoms with Gasteiger partial charge in [-0.3, -0.25) is 0 Å². The lowest BCUT2D eigenvalue weighted by atomic mass is 9.77. The van der Waals surface area contributed by atoms with E-state index < -0.39 is 0 Å². The van der Waals surface area contributed by atoms with E-state index in [0.717, 1.165) is 23.6 Å². The van der Waals surface area contributed by atoms with Crippen LogP contribution in [0, 0.1) is 6.92 Å². The predicted molar refractivity (Wildman–Crippen MR) is 66.6 cm³/mol. The molecule has 0 saturated carbocycles. The molecular formula is C14H15N3. The van der Waals surface area contributed by atoms with Crippen LogP contribution in [0.15, 0.2) is 30.3 Å². The number of benzene rings is 1. The summed E-state index contributed by atoms with van der Waals surface area (Å²) in [6, 6.07) is 10.4. The number of hydrogen-bond donors (Lipinski definition) is 1. The molecule has 0 saturated heterocycles. The first-order valence-corrected chi connectivity index (χ1v) is 5.90. The molecule has 17 heavy (non-hydrogen) atoms. The second-order valence-corrected chi connectivity index (χ2v) is 4.52. The largest absolute Gasteiger partial charge is 0.325 e. The number of fused-ring (bicyclic) bond motifs is 1. The fourth-order valence-electron chi connectivity index (χ4n) is 2.41.